The molecule has 0 saturated heterocycles. The number of anilines is 1. The van der Waals surface area contributed by atoms with Gasteiger partial charge in [-0.3, -0.25) is 4.79 Å². The molecular weight excluding hydrogens is 268 g/mol. The number of benzene rings is 1. The molecule has 1 aromatic rings. The molecule has 0 heterocycles. The lowest BCUT2D eigenvalue weighted by atomic mass is 10.1. The fourth-order valence-corrected chi connectivity index (χ4v) is 3.97. The Kier molecular flexibility index (Phi) is 5.77. The SMILES string of the molecule is CCNc1ccccc1C(=O)NC1CCCC1SCC. The van der Waals surface area contributed by atoms with Crippen molar-refractivity contribution in [3.8, 4) is 0 Å². The number of thioether (sulfide) groups is 1. The van der Waals surface area contributed by atoms with Gasteiger partial charge < -0.3 is 10.6 Å². The lowest BCUT2D eigenvalue weighted by Gasteiger charge is -2.21. The molecule has 0 aromatic heterocycles. The summed E-state index contributed by atoms with van der Waals surface area (Å²) in [5, 5.41) is 7.06. The molecule has 2 unspecified atom stereocenters. The van der Waals surface area contributed by atoms with Gasteiger partial charge >= 0.3 is 0 Å². The summed E-state index contributed by atoms with van der Waals surface area (Å²) in [5.74, 6) is 1.17. The van der Waals surface area contributed by atoms with E-state index < -0.39 is 0 Å². The highest BCUT2D eigenvalue weighted by molar-refractivity contribution is 7.99. The van der Waals surface area contributed by atoms with E-state index in [1.165, 1.54) is 12.8 Å². The zero-order valence-electron chi connectivity index (χ0n) is 12.3. The largest absolute Gasteiger partial charge is 0.385 e. The molecule has 0 bridgehead atoms. The van der Waals surface area contributed by atoms with Crippen LogP contribution in [-0.4, -0.2) is 29.5 Å². The topological polar surface area (TPSA) is 41.1 Å². The molecule has 1 aromatic carbocycles. The van der Waals surface area contributed by atoms with Gasteiger partial charge in [0.1, 0.15) is 0 Å². The molecule has 1 amide bonds. The number of para-hydroxylation sites is 1. The van der Waals surface area contributed by atoms with Crippen LogP contribution in [0.3, 0.4) is 0 Å². The third-order valence-corrected chi connectivity index (χ3v) is 5.01. The van der Waals surface area contributed by atoms with Crippen LogP contribution in [0.5, 0.6) is 0 Å². The maximum atomic E-state index is 12.5. The Labute approximate surface area is 125 Å². The van der Waals surface area contributed by atoms with Crippen molar-refractivity contribution in [1.82, 2.24) is 5.32 Å². The fraction of sp³-hybridized carbons (Fsp3) is 0.562. The number of hydrogen-bond acceptors (Lipinski definition) is 3. The van der Waals surface area contributed by atoms with Gasteiger partial charge in [0.05, 0.1) is 5.56 Å². The van der Waals surface area contributed by atoms with Gasteiger partial charge in [0, 0.05) is 23.5 Å². The van der Waals surface area contributed by atoms with E-state index in [1.54, 1.807) is 0 Å². The predicted molar refractivity (Wildman–Crippen MR) is 87.6 cm³/mol. The Morgan fingerprint density at radius 2 is 2.10 bits per heavy atom. The summed E-state index contributed by atoms with van der Waals surface area (Å²) in [6.07, 6.45) is 3.54. The zero-order chi connectivity index (χ0) is 14.4. The number of hydrogen-bond donors (Lipinski definition) is 2. The van der Waals surface area contributed by atoms with Gasteiger partial charge in [-0.15, -0.1) is 0 Å². The van der Waals surface area contributed by atoms with Gasteiger partial charge in [-0.2, -0.15) is 11.8 Å². The lowest BCUT2D eigenvalue weighted by Crippen LogP contribution is -2.39. The highest BCUT2D eigenvalue weighted by atomic mass is 32.2. The third-order valence-electron chi connectivity index (χ3n) is 3.69. The molecule has 1 fully saturated rings. The molecule has 1 saturated carbocycles. The number of carbonyl (C=O) groups is 1. The summed E-state index contributed by atoms with van der Waals surface area (Å²) in [5.41, 5.74) is 1.67. The number of amides is 1. The molecule has 0 radical (unpaired) electrons. The number of rotatable bonds is 6. The lowest BCUT2D eigenvalue weighted by molar-refractivity contribution is 0.0939. The van der Waals surface area contributed by atoms with Crippen LogP contribution in [-0.2, 0) is 0 Å². The Morgan fingerprint density at radius 3 is 2.85 bits per heavy atom. The number of nitrogens with one attached hydrogen (secondary N) is 2. The first kappa shape index (κ1) is 15.2. The van der Waals surface area contributed by atoms with Gasteiger partial charge in [0.25, 0.3) is 5.91 Å². The van der Waals surface area contributed by atoms with E-state index in [0.29, 0.717) is 11.3 Å². The summed E-state index contributed by atoms with van der Waals surface area (Å²) in [7, 11) is 0. The molecular formula is C16H24N2OS. The summed E-state index contributed by atoms with van der Waals surface area (Å²) >= 11 is 1.97. The minimum atomic E-state index is 0.0511. The molecule has 1 aliphatic rings. The van der Waals surface area contributed by atoms with Gasteiger partial charge in [0.2, 0.25) is 0 Å². The van der Waals surface area contributed by atoms with Crippen LogP contribution >= 0.6 is 11.8 Å². The Bertz CT molecular complexity index is 450. The maximum absolute atomic E-state index is 12.5. The van der Waals surface area contributed by atoms with E-state index in [0.717, 1.165) is 30.0 Å². The molecule has 2 rings (SSSR count). The Balaban J connectivity index is 2.04. The van der Waals surface area contributed by atoms with Crippen molar-refractivity contribution < 1.29 is 4.79 Å². The number of carbonyl (C=O) groups excluding carboxylic acids is 1. The van der Waals surface area contributed by atoms with Crippen LogP contribution in [0.25, 0.3) is 0 Å². The van der Waals surface area contributed by atoms with Gasteiger partial charge in [-0.1, -0.05) is 25.5 Å². The zero-order valence-corrected chi connectivity index (χ0v) is 13.1. The van der Waals surface area contributed by atoms with Gasteiger partial charge in [-0.25, -0.2) is 0 Å². The molecule has 0 aliphatic heterocycles. The van der Waals surface area contributed by atoms with Crippen LogP contribution < -0.4 is 10.6 Å². The van der Waals surface area contributed by atoms with E-state index >= 15 is 0 Å². The Hall–Kier alpha value is -1.16. The molecule has 4 heteroatoms. The van der Waals surface area contributed by atoms with Crippen LogP contribution in [0.15, 0.2) is 24.3 Å². The molecule has 0 spiro atoms. The smallest absolute Gasteiger partial charge is 0.253 e. The van der Waals surface area contributed by atoms with Crippen molar-refractivity contribution in [3.63, 3.8) is 0 Å². The van der Waals surface area contributed by atoms with Crippen LogP contribution in [0.1, 0.15) is 43.5 Å². The first-order valence-corrected chi connectivity index (χ1v) is 8.56. The monoisotopic (exact) mass is 292 g/mol. The van der Waals surface area contributed by atoms with Crippen molar-refractivity contribution in [3.05, 3.63) is 29.8 Å². The van der Waals surface area contributed by atoms with Crippen LogP contribution in [0, 0.1) is 0 Å². The maximum Gasteiger partial charge on any atom is 0.253 e. The molecule has 20 heavy (non-hydrogen) atoms. The first-order chi connectivity index (χ1) is 9.76. The molecule has 110 valence electrons. The summed E-state index contributed by atoms with van der Waals surface area (Å²) in [6.45, 7) is 5.05. The average molecular weight is 292 g/mol. The summed E-state index contributed by atoms with van der Waals surface area (Å²) in [6, 6.07) is 8.06. The second kappa shape index (κ2) is 7.58. The van der Waals surface area contributed by atoms with E-state index in [4.69, 9.17) is 0 Å². The van der Waals surface area contributed by atoms with Crippen molar-refractivity contribution in [1.29, 1.82) is 0 Å². The first-order valence-electron chi connectivity index (χ1n) is 7.51. The van der Waals surface area contributed by atoms with E-state index in [2.05, 4.69) is 17.6 Å². The van der Waals surface area contributed by atoms with E-state index in [1.807, 2.05) is 43.0 Å². The van der Waals surface area contributed by atoms with Gasteiger partial charge in [0.15, 0.2) is 0 Å². The predicted octanol–water partition coefficient (Wildman–Crippen LogP) is 3.52. The van der Waals surface area contributed by atoms with Crippen molar-refractivity contribution in [2.75, 3.05) is 17.6 Å². The molecule has 3 nitrogen and oxygen atoms in total. The van der Waals surface area contributed by atoms with Crippen molar-refractivity contribution >= 4 is 23.4 Å². The second-order valence-electron chi connectivity index (χ2n) is 5.08. The van der Waals surface area contributed by atoms with Crippen LogP contribution in [0.4, 0.5) is 5.69 Å². The molecule has 2 N–H and O–H groups in total. The molecule has 2 atom stereocenters. The fourth-order valence-electron chi connectivity index (χ4n) is 2.78. The summed E-state index contributed by atoms with van der Waals surface area (Å²) < 4.78 is 0. The Morgan fingerprint density at radius 1 is 1.30 bits per heavy atom. The average Bonchev–Trinajstić information content (AvgIpc) is 2.87. The quantitative estimate of drug-likeness (QED) is 0.843. The standard InChI is InChI=1S/C16H24N2OS/c1-3-17-13-9-6-5-8-12(13)16(19)18-14-10-7-11-15(14)20-4-2/h5-6,8-9,14-15,17H,3-4,7,10-11H2,1-2H3,(H,18,19). The molecule has 1 aliphatic carbocycles. The van der Waals surface area contributed by atoms with Crippen LogP contribution in [0.2, 0.25) is 0 Å². The van der Waals surface area contributed by atoms with Crippen molar-refractivity contribution in [2.45, 2.75) is 44.4 Å². The highest BCUT2D eigenvalue weighted by Crippen LogP contribution is 2.30. The van der Waals surface area contributed by atoms with Crippen molar-refractivity contribution in [2.24, 2.45) is 0 Å². The van der Waals surface area contributed by atoms with Gasteiger partial charge in [-0.05, 0) is 37.7 Å². The normalized spacial score (nSPS) is 21.7. The third kappa shape index (κ3) is 3.69. The second-order valence-corrected chi connectivity index (χ2v) is 6.60. The minimum Gasteiger partial charge on any atom is -0.385 e. The minimum absolute atomic E-state index is 0.0511. The van der Waals surface area contributed by atoms with E-state index in [-0.39, 0.29) is 5.91 Å². The summed E-state index contributed by atoms with van der Waals surface area (Å²) in [4.78, 5) is 12.5. The van der Waals surface area contributed by atoms with E-state index in [9.17, 15) is 4.79 Å². The highest BCUT2D eigenvalue weighted by Gasteiger charge is 2.29.